The van der Waals surface area contributed by atoms with E-state index in [0.29, 0.717) is 0 Å². The van der Waals surface area contributed by atoms with Gasteiger partial charge in [-0.25, -0.2) is 9.59 Å². The number of carbonyl (C=O) groups excluding carboxylic acids is 2. The molecule has 0 bridgehead atoms. The Labute approximate surface area is 137 Å². The number of nitro benzene ring substituents is 1. The largest absolute Gasteiger partial charge is 0.480 e. The van der Waals surface area contributed by atoms with Gasteiger partial charge in [-0.05, 0) is 5.92 Å². The maximum atomic E-state index is 12.4. The Morgan fingerprint density at radius 1 is 1.33 bits per heavy atom. The number of carboxylic acids is 1. The average molecular weight is 335 g/mol. The maximum absolute atomic E-state index is 12.4. The van der Waals surface area contributed by atoms with Crippen molar-refractivity contribution in [3.05, 3.63) is 39.9 Å². The van der Waals surface area contributed by atoms with Crippen LogP contribution in [0.2, 0.25) is 0 Å². The molecule has 1 aromatic rings. The summed E-state index contributed by atoms with van der Waals surface area (Å²) in [4.78, 5) is 48.2. The fraction of sp³-hybridized carbons (Fsp3) is 0.400. The van der Waals surface area contributed by atoms with Gasteiger partial charge in [0.25, 0.3) is 11.6 Å². The van der Waals surface area contributed by atoms with Gasteiger partial charge >= 0.3 is 12.0 Å². The Hall–Kier alpha value is -2.97. The minimum atomic E-state index is -1.20. The number of benzene rings is 1. The third kappa shape index (κ3) is 3.19. The normalized spacial score (nSPS) is 16.0. The molecule has 2 rings (SSSR count). The highest BCUT2D eigenvalue weighted by atomic mass is 16.6. The molecule has 0 aliphatic carbocycles. The molecule has 9 nitrogen and oxygen atoms in total. The van der Waals surface area contributed by atoms with E-state index in [9.17, 15) is 29.6 Å². The van der Waals surface area contributed by atoms with Gasteiger partial charge in [-0.1, -0.05) is 32.0 Å². The monoisotopic (exact) mass is 335 g/mol. The number of carbonyl (C=O) groups is 3. The fourth-order valence-electron chi connectivity index (χ4n) is 2.70. The Kier molecular flexibility index (Phi) is 4.82. The number of nitrogens with zero attached hydrogens (tertiary/aromatic N) is 3. The lowest BCUT2D eigenvalue weighted by molar-refractivity contribution is -0.385. The first-order valence-electron chi connectivity index (χ1n) is 7.30. The lowest BCUT2D eigenvalue weighted by Crippen LogP contribution is -2.46. The first-order chi connectivity index (χ1) is 11.2. The van der Waals surface area contributed by atoms with Gasteiger partial charge in [0.1, 0.15) is 12.6 Å². The predicted molar refractivity (Wildman–Crippen MR) is 82.0 cm³/mol. The molecule has 3 amide bonds. The number of carboxylic acid groups (broad SMARTS) is 1. The molecule has 128 valence electrons. The van der Waals surface area contributed by atoms with E-state index in [2.05, 4.69) is 0 Å². The number of nitro groups is 1. The van der Waals surface area contributed by atoms with Crippen LogP contribution in [0.1, 0.15) is 19.4 Å². The van der Waals surface area contributed by atoms with Crippen LogP contribution in [-0.4, -0.2) is 50.3 Å². The summed E-state index contributed by atoms with van der Waals surface area (Å²) < 4.78 is 0. The van der Waals surface area contributed by atoms with Gasteiger partial charge in [-0.15, -0.1) is 0 Å². The van der Waals surface area contributed by atoms with Gasteiger partial charge in [0.2, 0.25) is 0 Å². The Bertz CT molecular complexity index is 702. The van der Waals surface area contributed by atoms with Gasteiger partial charge in [0.15, 0.2) is 0 Å². The highest BCUT2D eigenvalue weighted by Gasteiger charge is 2.43. The summed E-state index contributed by atoms with van der Waals surface area (Å²) in [6.07, 6.45) is 0. The van der Waals surface area contributed by atoms with Crippen LogP contribution in [0.4, 0.5) is 10.5 Å². The summed E-state index contributed by atoms with van der Waals surface area (Å²) in [7, 11) is 0. The maximum Gasteiger partial charge on any atom is 0.328 e. The van der Waals surface area contributed by atoms with Crippen molar-refractivity contribution in [3.63, 3.8) is 0 Å². The summed E-state index contributed by atoms with van der Waals surface area (Å²) in [5.74, 6) is -2.16. The van der Waals surface area contributed by atoms with E-state index in [1.54, 1.807) is 19.9 Å². The lowest BCUT2D eigenvalue weighted by atomic mass is 10.0. The van der Waals surface area contributed by atoms with Crippen LogP contribution in [0.25, 0.3) is 0 Å². The topological polar surface area (TPSA) is 121 Å². The number of amides is 3. The average Bonchev–Trinajstić information content (AvgIpc) is 2.75. The van der Waals surface area contributed by atoms with Crippen LogP contribution in [0.5, 0.6) is 0 Å². The number of hydrogen-bond acceptors (Lipinski definition) is 5. The van der Waals surface area contributed by atoms with Crippen molar-refractivity contribution in [2.75, 3.05) is 6.54 Å². The third-order valence-electron chi connectivity index (χ3n) is 3.82. The van der Waals surface area contributed by atoms with Crippen molar-refractivity contribution in [3.8, 4) is 0 Å². The summed E-state index contributed by atoms with van der Waals surface area (Å²) >= 11 is 0. The van der Waals surface area contributed by atoms with E-state index in [-0.39, 0.29) is 30.3 Å². The number of imide groups is 1. The van der Waals surface area contributed by atoms with E-state index in [1.807, 2.05) is 0 Å². The van der Waals surface area contributed by atoms with Crippen LogP contribution < -0.4 is 0 Å². The molecule has 1 aliphatic rings. The molecule has 9 heteroatoms. The molecule has 0 spiro atoms. The Morgan fingerprint density at radius 3 is 2.50 bits per heavy atom. The van der Waals surface area contributed by atoms with E-state index in [0.717, 1.165) is 9.80 Å². The van der Waals surface area contributed by atoms with Gasteiger partial charge < -0.3 is 10.0 Å². The molecular formula is C15H17N3O6. The summed E-state index contributed by atoms with van der Waals surface area (Å²) in [6, 6.07) is 3.92. The number of hydrogen-bond donors (Lipinski definition) is 1. The molecular weight excluding hydrogens is 318 g/mol. The van der Waals surface area contributed by atoms with E-state index in [4.69, 9.17) is 0 Å². The molecule has 0 saturated carbocycles. The minimum absolute atomic E-state index is 0.199. The second kappa shape index (κ2) is 6.65. The molecule has 0 aromatic heterocycles. The minimum Gasteiger partial charge on any atom is -0.480 e. The van der Waals surface area contributed by atoms with Crippen LogP contribution in [0.3, 0.4) is 0 Å². The summed E-state index contributed by atoms with van der Waals surface area (Å²) in [5, 5.41) is 20.3. The van der Waals surface area contributed by atoms with Crippen LogP contribution in [-0.2, 0) is 16.1 Å². The standard InChI is InChI=1S/C15H17N3O6/c1-9(2)13(14(20)21)17-8-12(19)16(15(17)22)7-10-5-3-4-6-11(10)18(23)24/h3-6,9,13H,7-8H2,1-2H3,(H,20,21)/t13-/m0/s1. The molecule has 24 heavy (non-hydrogen) atoms. The van der Waals surface area contributed by atoms with Crippen molar-refractivity contribution in [1.82, 2.24) is 9.80 Å². The molecule has 0 unspecified atom stereocenters. The summed E-state index contributed by atoms with van der Waals surface area (Å²) in [6.45, 7) is 2.66. The Morgan fingerprint density at radius 2 is 1.96 bits per heavy atom. The fourth-order valence-corrected chi connectivity index (χ4v) is 2.70. The number of para-hydroxylation sites is 1. The first kappa shape index (κ1) is 17.4. The van der Waals surface area contributed by atoms with Crippen LogP contribution >= 0.6 is 0 Å². The quantitative estimate of drug-likeness (QED) is 0.477. The SMILES string of the molecule is CC(C)[C@@H](C(=O)O)N1CC(=O)N(Cc2ccccc2[N+](=O)[O-])C1=O. The molecule has 1 N–H and O–H groups in total. The second-order valence-corrected chi connectivity index (χ2v) is 5.80. The second-order valence-electron chi connectivity index (χ2n) is 5.80. The predicted octanol–water partition coefficient (Wildman–Crippen LogP) is 1.47. The molecule has 1 fully saturated rings. The molecule has 0 radical (unpaired) electrons. The van der Waals surface area contributed by atoms with Gasteiger partial charge in [0, 0.05) is 11.6 Å². The third-order valence-corrected chi connectivity index (χ3v) is 3.82. The zero-order valence-electron chi connectivity index (χ0n) is 13.2. The number of aliphatic carboxylic acids is 1. The molecule has 1 aromatic carbocycles. The number of rotatable bonds is 6. The highest BCUT2D eigenvalue weighted by Crippen LogP contribution is 2.24. The van der Waals surface area contributed by atoms with E-state index >= 15 is 0 Å². The molecule has 1 saturated heterocycles. The van der Waals surface area contributed by atoms with E-state index < -0.39 is 28.9 Å². The van der Waals surface area contributed by atoms with Crippen molar-refractivity contribution < 1.29 is 24.4 Å². The number of urea groups is 1. The van der Waals surface area contributed by atoms with Crippen molar-refractivity contribution in [2.24, 2.45) is 5.92 Å². The summed E-state index contributed by atoms with van der Waals surface area (Å²) in [5.41, 5.74) is 0.0117. The molecule has 1 atom stereocenters. The van der Waals surface area contributed by atoms with Gasteiger partial charge in [0.05, 0.1) is 11.5 Å². The smallest absolute Gasteiger partial charge is 0.328 e. The molecule has 1 heterocycles. The van der Waals surface area contributed by atoms with Gasteiger partial charge in [-0.2, -0.15) is 0 Å². The van der Waals surface area contributed by atoms with Crippen LogP contribution in [0.15, 0.2) is 24.3 Å². The lowest BCUT2D eigenvalue weighted by Gasteiger charge is -2.26. The van der Waals surface area contributed by atoms with Crippen LogP contribution in [0, 0.1) is 16.0 Å². The van der Waals surface area contributed by atoms with E-state index in [1.165, 1.54) is 18.2 Å². The first-order valence-corrected chi connectivity index (χ1v) is 7.30. The Balaban J connectivity index is 2.27. The van der Waals surface area contributed by atoms with Crippen molar-refractivity contribution >= 4 is 23.6 Å². The zero-order valence-corrected chi connectivity index (χ0v) is 13.2. The zero-order chi connectivity index (χ0) is 18.0. The van der Waals surface area contributed by atoms with Crippen molar-refractivity contribution in [2.45, 2.75) is 26.4 Å². The van der Waals surface area contributed by atoms with Crippen molar-refractivity contribution in [1.29, 1.82) is 0 Å². The highest BCUT2D eigenvalue weighted by molar-refractivity contribution is 6.03. The molecule has 1 aliphatic heterocycles. The van der Waals surface area contributed by atoms with Gasteiger partial charge in [-0.3, -0.25) is 19.8 Å².